The first-order valence-electron chi connectivity index (χ1n) is 12.1. The molecule has 2 aromatic carbocycles. The molecule has 0 saturated heterocycles. The number of aromatic nitrogens is 1. The second-order valence-electron chi connectivity index (χ2n) is 9.14. The predicted octanol–water partition coefficient (Wildman–Crippen LogP) is 6.48. The first kappa shape index (κ1) is 27.5. The van der Waals surface area contributed by atoms with E-state index in [1.54, 1.807) is 61.4 Å². The number of carbonyl (C=O) groups excluding carboxylic acids is 1. The molecule has 0 spiro atoms. The highest BCUT2D eigenvalue weighted by atomic mass is 35.5. The average molecular weight is 600 g/mol. The molecule has 0 unspecified atom stereocenters. The summed E-state index contributed by atoms with van der Waals surface area (Å²) in [7, 11) is 0. The van der Waals surface area contributed by atoms with Crippen molar-refractivity contribution in [2.24, 2.45) is 4.99 Å². The molecule has 0 fully saturated rings. The summed E-state index contributed by atoms with van der Waals surface area (Å²) < 4.78 is 13.6. The van der Waals surface area contributed by atoms with Gasteiger partial charge in [0.2, 0.25) is 0 Å². The molecule has 0 N–H and O–H groups in total. The first-order chi connectivity index (χ1) is 18.7. The Labute approximate surface area is 243 Å². The summed E-state index contributed by atoms with van der Waals surface area (Å²) in [6, 6.07) is 16.0. The van der Waals surface area contributed by atoms with E-state index in [4.69, 9.17) is 32.4 Å². The van der Waals surface area contributed by atoms with Gasteiger partial charge in [0, 0.05) is 16.5 Å². The lowest BCUT2D eigenvalue weighted by Crippen LogP contribution is -2.40. The van der Waals surface area contributed by atoms with E-state index in [-0.39, 0.29) is 11.7 Å². The van der Waals surface area contributed by atoms with E-state index in [2.05, 4.69) is 4.99 Å². The molecule has 1 aliphatic rings. The number of allylic oxidation sites excluding steroid dienone is 1. The van der Waals surface area contributed by atoms with Crippen molar-refractivity contribution < 1.29 is 13.9 Å². The Kier molecular flexibility index (Phi) is 7.91. The summed E-state index contributed by atoms with van der Waals surface area (Å²) in [4.78, 5) is 33.3. The molecule has 2 aromatic heterocycles. The van der Waals surface area contributed by atoms with Crippen molar-refractivity contribution in [1.29, 1.82) is 0 Å². The van der Waals surface area contributed by atoms with E-state index >= 15 is 0 Å². The van der Waals surface area contributed by atoms with E-state index in [1.165, 1.54) is 11.3 Å². The van der Waals surface area contributed by atoms with E-state index in [9.17, 15) is 9.59 Å². The molecule has 39 heavy (non-hydrogen) atoms. The van der Waals surface area contributed by atoms with Gasteiger partial charge in [-0.2, -0.15) is 0 Å². The Balaban J connectivity index is 1.62. The van der Waals surface area contributed by atoms with Crippen molar-refractivity contribution in [2.45, 2.75) is 37.8 Å². The molecule has 0 aliphatic carbocycles. The number of thiazole rings is 1. The number of carbonyl (C=O) groups is 1. The average Bonchev–Trinajstić information content (AvgIpc) is 3.49. The van der Waals surface area contributed by atoms with Gasteiger partial charge in [-0.25, -0.2) is 9.79 Å². The van der Waals surface area contributed by atoms with Crippen molar-refractivity contribution in [3.05, 3.63) is 107 Å². The zero-order chi connectivity index (χ0) is 27.8. The van der Waals surface area contributed by atoms with Gasteiger partial charge in [0.05, 0.1) is 38.0 Å². The van der Waals surface area contributed by atoms with Gasteiger partial charge in [-0.1, -0.05) is 46.7 Å². The maximum Gasteiger partial charge on any atom is 0.338 e. The SMILES string of the molecule is CSc1ccc([C@H]2C(C(=O)OC(C)C)=C(C)N=c3s/c(=C\c4ccc(-c5ccc(Cl)c(Cl)c5)o4)c(=O)n32)cc1. The normalized spacial score (nSPS) is 15.5. The molecule has 1 atom stereocenters. The zero-order valence-corrected chi connectivity index (χ0v) is 24.7. The van der Waals surface area contributed by atoms with Gasteiger partial charge in [-0.15, -0.1) is 11.8 Å². The third kappa shape index (κ3) is 5.52. The molecular formula is C29H24Cl2N2O4S2. The van der Waals surface area contributed by atoms with Gasteiger partial charge in [0.15, 0.2) is 4.80 Å². The molecule has 5 rings (SSSR count). The van der Waals surface area contributed by atoms with Crippen LogP contribution in [0.2, 0.25) is 10.0 Å². The predicted molar refractivity (Wildman–Crippen MR) is 157 cm³/mol. The maximum atomic E-state index is 13.8. The fourth-order valence-electron chi connectivity index (χ4n) is 4.33. The van der Waals surface area contributed by atoms with Crippen molar-refractivity contribution in [2.75, 3.05) is 6.26 Å². The van der Waals surface area contributed by atoms with Gasteiger partial charge in [0.25, 0.3) is 5.56 Å². The van der Waals surface area contributed by atoms with E-state index in [0.29, 0.717) is 42.2 Å². The quantitative estimate of drug-likeness (QED) is 0.188. The van der Waals surface area contributed by atoms with Crippen LogP contribution in [0.15, 0.2) is 85.0 Å². The van der Waals surface area contributed by atoms with Crippen LogP contribution in [0.25, 0.3) is 17.4 Å². The van der Waals surface area contributed by atoms with Crippen LogP contribution in [0.1, 0.15) is 38.1 Å². The molecule has 200 valence electrons. The lowest BCUT2D eigenvalue weighted by molar-refractivity contribution is -0.143. The standard InChI is InChI=1S/C29H24Cl2N2O4S2/c1-15(2)36-28(35)25-16(3)32-29-33(26(25)17-5-9-20(38-4)10-6-17)27(34)24(39-29)14-19-8-12-23(37-19)18-7-11-21(30)22(31)13-18/h5-15,26H,1-4H3/b24-14-/t26-/m0/s1. The number of thioether (sulfide) groups is 1. The Morgan fingerprint density at radius 2 is 1.87 bits per heavy atom. The highest BCUT2D eigenvalue weighted by Crippen LogP contribution is 2.32. The summed E-state index contributed by atoms with van der Waals surface area (Å²) in [5, 5.41) is 0.881. The van der Waals surface area contributed by atoms with Crippen LogP contribution >= 0.6 is 46.3 Å². The van der Waals surface area contributed by atoms with Crippen LogP contribution in [0.3, 0.4) is 0 Å². The van der Waals surface area contributed by atoms with Crippen molar-refractivity contribution in [3.63, 3.8) is 0 Å². The number of fused-ring (bicyclic) bond motifs is 1. The molecule has 3 heterocycles. The number of hydrogen-bond acceptors (Lipinski definition) is 7. The summed E-state index contributed by atoms with van der Waals surface area (Å²) in [5.74, 6) is 0.600. The third-order valence-corrected chi connectivity index (χ3v) is 8.59. The number of esters is 1. The Bertz CT molecular complexity index is 1780. The van der Waals surface area contributed by atoms with E-state index in [0.717, 1.165) is 16.0 Å². The molecule has 0 saturated carbocycles. The Hall–Kier alpha value is -3.04. The highest BCUT2D eigenvalue weighted by Gasteiger charge is 2.33. The second-order valence-corrected chi connectivity index (χ2v) is 11.8. The molecule has 10 heteroatoms. The van der Waals surface area contributed by atoms with E-state index < -0.39 is 12.0 Å². The van der Waals surface area contributed by atoms with Gasteiger partial charge in [-0.05, 0) is 75.1 Å². The highest BCUT2D eigenvalue weighted by molar-refractivity contribution is 7.98. The minimum absolute atomic E-state index is 0.271. The van der Waals surface area contributed by atoms with Crippen molar-refractivity contribution >= 4 is 58.3 Å². The number of hydrogen-bond donors (Lipinski definition) is 0. The van der Waals surface area contributed by atoms with Gasteiger partial charge in [-0.3, -0.25) is 9.36 Å². The van der Waals surface area contributed by atoms with Crippen LogP contribution in [-0.2, 0) is 9.53 Å². The minimum Gasteiger partial charge on any atom is -0.459 e. The largest absolute Gasteiger partial charge is 0.459 e. The Morgan fingerprint density at radius 1 is 1.13 bits per heavy atom. The molecular weight excluding hydrogens is 575 g/mol. The van der Waals surface area contributed by atoms with Crippen molar-refractivity contribution in [1.82, 2.24) is 4.57 Å². The smallest absolute Gasteiger partial charge is 0.338 e. The summed E-state index contributed by atoms with van der Waals surface area (Å²) in [5.41, 5.74) is 2.16. The number of halogens is 2. The minimum atomic E-state index is -0.672. The molecule has 0 radical (unpaired) electrons. The summed E-state index contributed by atoms with van der Waals surface area (Å²) in [6.45, 7) is 5.36. The number of benzene rings is 2. The van der Waals surface area contributed by atoms with Gasteiger partial charge in [0.1, 0.15) is 11.5 Å². The maximum absolute atomic E-state index is 13.8. The zero-order valence-electron chi connectivity index (χ0n) is 21.5. The van der Waals surface area contributed by atoms with Crippen LogP contribution in [0, 0.1) is 0 Å². The number of nitrogens with zero attached hydrogens (tertiary/aromatic N) is 2. The van der Waals surface area contributed by atoms with Crippen LogP contribution in [0.5, 0.6) is 0 Å². The second kappa shape index (κ2) is 11.2. The fraction of sp³-hybridized carbons (Fsp3) is 0.207. The molecule has 1 aliphatic heterocycles. The molecule has 4 aromatic rings. The van der Waals surface area contributed by atoms with Gasteiger partial charge >= 0.3 is 5.97 Å². The van der Waals surface area contributed by atoms with Crippen LogP contribution in [0.4, 0.5) is 0 Å². The van der Waals surface area contributed by atoms with Crippen LogP contribution < -0.4 is 14.9 Å². The first-order valence-corrected chi connectivity index (χ1v) is 14.9. The topological polar surface area (TPSA) is 73.8 Å². The lowest BCUT2D eigenvalue weighted by Gasteiger charge is -2.25. The van der Waals surface area contributed by atoms with E-state index in [1.807, 2.05) is 42.7 Å². The number of furan rings is 1. The molecule has 0 amide bonds. The number of ether oxygens (including phenoxy) is 1. The Morgan fingerprint density at radius 3 is 2.54 bits per heavy atom. The number of rotatable bonds is 6. The monoisotopic (exact) mass is 598 g/mol. The van der Waals surface area contributed by atoms with Crippen molar-refractivity contribution in [3.8, 4) is 11.3 Å². The summed E-state index contributed by atoms with van der Waals surface area (Å²) in [6.07, 6.45) is 3.37. The fourth-order valence-corrected chi connectivity index (χ4v) is 6.06. The van der Waals surface area contributed by atoms with Gasteiger partial charge < -0.3 is 9.15 Å². The molecule has 0 bridgehead atoms. The summed E-state index contributed by atoms with van der Waals surface area (Å²) >= 11 is 15.1. The lowest BCUT2D eigenvalue weighted by atomic mass is 9.96. The van der Waals surface area contributed by atoms with Crippen LogP contribution in [-0.4, -0.2) is 22.9 Å². The third-order valence-electron chi connectivity index (χ3n) is 6.12. The molecule has 6 nitrogen and oxygen atoms in total.